The van der Waals surface area contributed by atoms with Gasteiger partial charge in [-0.3, -0.25) is 0 Å². The maximum absolute atomic E-state index is 5.51. The van der Waals surface area contributed by atoms with Crippen molar-refractivity contribution >= 4 is 8.80 Å². The minimum absolute atomic E-state index is 0. The number of allylic oxidation sites excluding steroid dienone is 7. The molecule has 1 nitrogen and oxygen atoms in total. The molecule has 18 heavy (non-hydrogen) atoms. The maximum atomic E-state index is 5.51. The van der Waals surface area contributed by atoms with Crippen LogP contribution < -0.4 is 24.8 Å². The topological polar surface area (TPSA) is 9.23 Å². The van der Waals surface area contributed by atoms with Crippen LogP contribution >= 0.6 is 0 Å². The zero-order valence-electron chi connectivity index (χ0n) is 11.0. The normalized spacial score (nSPS) is 16.9. The second kappa shape index (κ2) is 8.58. The Kier molecular flexibility index (Phi) is 8.79. The van der Waals surface area contributed by atoms with Crippen LogP contribution in [0, 0.1) is 0 Å². The Hall–Kier alpha value is 0.440. The predicted octanol–water partition coefficient (Wildman–Crippen LogP) is -2.87. The van der Waals surface area contributed by atoms with E-state index in [2.05, 4.69) is 37.4 Å². The van der Waals surface area contributed by atoms with Crippen molar-refractivity contribution in [3.63, 3.8) is 0 Å². The molecule has 0 radical (unpaired) electrons. The van der Waals surface area contributed by atoms with Crippen LogP contribution in [0.15, 0.2) is 41.8 Å². The Morgan fingerprint density at radius 3 is 2.44 bits per heavy atom. The summed E-state index contributed by atoms with van der Waals surface area (Å²) in [6, 6.07) is 0. The van der Waals surface area contributed by atoms with Crippen LogP contribution in [0.3, 0.4) is 0 Å². The molecule has 0 heterocycles. The first-order valence-corrected chi connectivity index (χ1v) is 11.2. The Labute approximate surface area is 135 Å². The summed E-state index contributed by atoms with van der Waals surface area (Å²) >= 11 is -0.486. The molecule has 0 aromatic rings. The number of hydrogen-bond acceptors (Lipinski definition) is 1. The summed E-state index contributed by atoms with van der Waals surface area (Å²) in [6.07, 6.45) is 11.5. The quantitative estimate of drug-likeness (QED) is 0.477. The van der Waals surface area contributed by atoms with Crippen LogP contribution in [0.25, 0.3) is 0 Å². The summed E-state index contributed by atoms with van der Waals surface area (Å²) in [6.45, 7) is 4.82. The van der Waals surface area contributed by atoms with Gasteiger partial charge in [0.25, 0.3) is 0 Å². The van der Waals surface area contributed by atoms with Crippen molar-refractivity contribution in [1.29, 1.82) is 0 Å². The van der Waals surface area contributed by atoms with Crippen LogP contribution in [0.2, 0.25) is 13.1 Å². The zero-order chi connectivity index (χ0) is 11.5. The van der Waals surface area contributed by atoms with E-state index < -0.39 is 32.0 Å². The van der Waals surface area contributed by atoms with Crippen LogP contribution in [0.1, 0.15) is 12.8 Å². The third-order valence-electron chi connectivity index (χ3n) is 2.96. The van der Waals surface area contributed by atoms with Gasteiger partial charge in [-0.05, 0) is 0 Å². The van der Waals surface area contributed by atoms with Crippen LogP contribution in [0.5, 0.6) is 0 Å². The summed E-state index contributed by atoms with van der Waals surface area (Å²) in [5.41, 5.74) is 0. The van der Waals surface area contributed by atoms with Gasteiger partial charge in [0, 0.05) is 0 Å². The molecular weight excluding hydrogens is 362 g/mol. The van der Waals surface area contributed by atoms with E-state index in [1.807, 2.05) is 7.11 Å². The van der Waals surface area contributed by atoms with E-state index in [4.69, 9.17) is 4.74 Å². The summed E-state index contributed by atoms with van der Waals surface area (Å²) in [7, 11) is 1.08. The smallest absolute Gasteiger partial charge is 1.00 e. The first-order valence-electron chi connectivity index (χ1n) is 5.82. The monoisotopic (exact) mass is 378 g/mol. The minimum atomic E-state index is -0.736. The van der Waals surface area contributed by atoms with E-state index in [1.54, 1.807) is 11.8 Å². The van der Waals surface area contributed by atoms with Crippen molar-refractivity contribution in [3.8, 4) is 0 Å². The molecule has 2 rings (SSSR count). The van der Waals surface area contributed by atoms with Gasteiger partial charge >= 0.3 is 112 Å². The number of hydrogen-bond donors (Lipinski definition) is 0. The molecule has 0 spiro atoms. The van der Waals surface area contributed by atoms with Gasteiger partial charge in [-0.25, -0.2) is 0 Å². The van der Waals surface area contributed by atoms with Gasteiger partial charge in [0.05, 0.1) is 0 Å². The molecule has 2 aliphatic rings. The molecule has 2 aliphatic carbocycles. The fraction of sp³-hybridized carbons (Fsp3) is 0.385. The molecule has 0 saturated carbocycles. The van der Waals surface area contributed by atoms with Gasteiger partial charge in [0.1, 0.15) is 0 Å². The fourth-order valence-corrected chi connectivity index (χ4v) is 9.49. The van der Waals surface area contributed by atoms with Crippen molar-refractivity contribution in [3.05, 3.63) is 41.8 Å². The number of rotatable bonds is 4. The van der Waals surface area contributed by atoms with Gasteiger partial charge in [-0.2, -0.15) is 0 Å². The van der Waals surface area contributed by atoms with Gasteiger partial charge in [-0.1, -0.05) is 0 Å². The average molecular weight is 381 g/mol. The second-order valence-corrected chi connectivity index (χ2v) is 11.0. The second-order valence-electron chi connectivity index (χ2n) is 4.47. The molecule has 0 saturated heterocycles. The van der Waals surface area contributed by atoms with E-state index >= 15 is 0 Å². The molecule has 0 aliphatic heterocycles. The van der Waals surface area contributed by atoms with E-state index in [0.29, 0.717) is 0 Å². The van der Waals surface area contributed by atoms with Gasteiger partial charge in [0.15, 0.2) is 0 Å². The molecule has 0 unspecified atom stereocenters. The Bertz CT molecular complexity index is 411. The van der Waals surface area contributed by atoms with E-state index in [1.165, 1.54) is 18.6 Å². The third kappa shape index (κ3) is 4.23. The molecule has 0 aromatic heterocycles. The van der Waals surface area contributed by atoms with Gasteiger partial charge < -0.3 is 24.8 Å². The average Bonchev–Trinajstić information content (AvgIpc) is 2.87. The van der Waals surface area contributed by atoms with Crippen molar-refractivity contribution in [2.45, 2.75) is 25.9 Å². The van der Waals surface area contributed by atoms with Crippen LogP contribution in [-0.4, -0.2) is 15.9 Å². The molecule has 0 bridgehead atoms. The summed E-state index contributed by atoms with van der Waals surface area (Å²) in [4.78, 5) is 0. The molecular formula is C13H18Cl2OSiZr. The number of ether oxygens (including phenoxy) is 1. The predicted molar refractivity (Wildman–Crippen MR) is 67.5 cm³/mol. The molecule has 0 aromatic carbocycles. The van der Waals surface area contributed by atoms with E-state index in [-0.39, 0.29) is 24.8 Å². The van der Waals surface area contributed by atoms with Gasteiger partial charge in [0.2, 0.25) is 0 Å². The SMILES string of the molecule is COC1=CC[C]([Zr+2][C]2=CC=CC2)=C1[SiH](C)C.[Cl-].[Cl-]. The Morgan fingerprint density at radius 2 is 1.94 bits per heavy atom. The zero-order valence-corrected chi connectivity index (χ0v) is 16.1. The summed E-state index contributed by atoms with van der Waals surface area (Å²) < 4.78 is 9.00. The first-order chi connectivity index (χ1) is 7.72. The van der Waals surface area contributed by atoms with E-state index in [9.17, 15) is 0 Å². The van der Waals surface area contributed by atoms with Crippen LogP contribution in [-0.2, 0) is 28.0 Å². The summed E-state index contributed by atoms with van der Waals surface area (Å²) in [5, 5.41) is 1.64. The molecule has 0 fully saturated rings. The fourth-order valence-electron chi connectivity index (χ4n) is 2.24. The molecule has 5 heteroatoms. The van der Waals surface area contributed by atoms with Crippen molar-refractivity contribution in [2.75, 3.05) is 7.11 Å². The maximum Gasteiger partial charge on any atom is -1.00 e. The summed E-state index contributed by atoms with van der Waals surface area (Å²) in [5.74, 6) is 1.20. The molecule has 0 amide bonds. The minimum Gasteiger partial charge on any atom is -1.00 e. The molecule has 98 valence electrons. The van der Waals surface area contributed by atoms with Crippen molar-refractivity contribution in [1.82, 2.24) is 0 Å². The van der Waals surface area contributed by atoms with Crippen molar-refractivity contribution in [2.24, 2.45) is 0 Å². The number of halogens is 2. The Balaban J connectivity index is 0.00000144. The van der Waals surface area contributed by atoms with Crippen LogP contribution in [0.4, 0.5) is 0 Å². The Morgan fingerprint density at radius 1 is 1.22 bits per heavy atom. The van der Waals surface area contributed by atoms with E-state index in [0.717, 1.165) is 0 Å². The largest absolute Gasteiger partial charge is 1.00 e. The standard InChI is InChI=1S/C8H13OSi.C5H5.2ClH.Zr/c1-9-7-5-4-6-8(7)10(2)3;1-2-4-5-3-1;;;/h5,10H,4H2,1-3H3;1-3H,4H2;2*1H;/q;;;;+2/p-2. The van der Waals surface area contributed by atoms with Crippen molar-refractivity contribution < 1.29 is 52.8 Å². The number of methoxy groups -OCH3 is 1. The van der Waals surface area contributed by atoms with Gasteiger partial charge in [-0.15, -0.1) is 0 Å². The molecule has 0 atom stereocenters. The first kappa shape index (κ1) is 18.4. The third-order valence-corrected chi connectivity index (χ3v) is 9.07. The molecule has 0 N–H and O–H groups in total.